The van der Waals surface area contributed by atoms with Crippen LogP contribution in [-0.2, 0) is 11.3 Å². The average Bonchev–Trinajstić information content (AvgIpc) is 2.74. The monoisotopic (exact) mass is 272 g/mol. The molecule has 1 aromatic heterocycles. The highest BCUT2D eigenvalue weighted by molar-refractivity contribution is 4.90. The maximum Gasteiger partial charge on any atom is 0.328 e. The number of rotatable bonds is 3. The molecule has 6 nitrogen and oxygen atoms in total. The van der Waals surface area contributed by atoms with Gasteiger partial charge < -0.3 is 9.84 Å². The summed E-state index contributed by atoms with van der Waals surface area (Å²) in [7, 11) is 0. The van der Waals surface area contributed by atoms with Crippen molar-refractivity contribution in [1.29, 1.82) is 0 Å². The largest absolute Gasteiger partial charge is 0.388 e. The number of ether oxygens (including phenoxy) is 1. The zero-order valence-electron chi connectivity index (χ0n) is 10.9. The number of H-pyrrole nitrogens is 1. The Morgan fingerprint density at radius 1 is 1.53 bits per heavy atom. The number of halogens is 1. The van der Waals surface area contributed by atoms with Crippen molar-refractivity contribution < 1.29 is 14.2 Å². The number of hydrogen-bond donors (Lipinski definition) is 2. The van der Waals surface area contributed by atoms with E-state index in [4.69, 9.17) is 4.74 Å². The van der Waals surface area contributed by atoms with Gasteiger partial charge in [-0.15, -0.1) is 0 Å². The molecule has 1 aromatic rings. The van der Waals surface area contributed by atoms with E-state index in [0.29, 0.717) is 12.8 Å². The van der Waals surface area contributed by atoms with Gasteiger partial charge >= 0.3 is 5.69 Å². The van der Waals surface area contributed by atoms with Crippen LogP contribution in [0.25, 0.3) is 0 Å². The lowest BCUT2D eigenvalue weighted by Crippen LogP contribution is -2.37. The molecule has 1 aliphatic rings. The predicted octanol–water partition coefficient (Wildman–Crippen LogP) is -0.00580. The van der Waals surface area contributed by atoms with Crippen molar-refractivity contribution in [2.24, 2.45) is 0 Å². The number of nitrogens with zero attached hydrogens (tertiary/aromatic N) is 1. The third-order valence-corrected chi connectivity index (χ3v) is 3.26. The van der Waals surface area contributed by atoms with Crippen LogP contribution < -0.4 is 11.2 Å². The van der Waals surface area contributed by atoms with E-state index < -0.39 is 22.7 Å². The molecule has 1 saturated heterocycles. The lowest BCUT2D eigenvalue weighted by atomic mass is 9.99. The Hall–Kier alpha value is -1.47. The maximum absolute atomic E-state index is 13.1. The fourth-order valence-electron chi connectivity index (χ4n) is 2.20. The van der Waals surface area contributed by atoms with Crippen molar-refractivity contribution in [1.82, 2.24) is 9.55 Å². The summed E-state index contributed by atoms with van der Waals surface area (Å²) in [6, 6.07) is 0. The van der Waals surface area contributed by atoms with Gasteiger partial charge in [0.25, 0.3) is 5.56 Å². The lowest BCUT2D eigenvalue weighted by Gasteiger charge is -2.25. The van der Waals surface area contributed by atoms with Crippen LogP contribution in [0.2, 0.25) is 0 Å². The van der Waals surface area contributed by atoms with Crippen LogP contribution in [0.1, 0.15) is 26.7 Å². The number of nitrogens with one attached hydrogen (secondary N) is 1. The number of aromatic amines is 1. The van der Waals surface area contributed by atoms with Crippen molar-refractivity contribution in [3.8, 4) is 0 Å². The SMILES string of the molecule is CC(C)(O)[C@@H]1CC[C@H](Cn2cc(F)c(=O)[nH]c2=O)O1. The third-order valence-electron chi connectivity index (χ3n) is 3.26. The first-order chi connectivity index (χ1) is 8.77. The fraction of sp³-hybridized carbons (Fsp3) is 0.667. The topological polar surface area (TPSA) is 84.3 Å². The van der Waals surface area contributed by atoms with Gasteiger partial charge in [-0.1, -0.05) is 0 Å². The van der Waals surface area contributed by atoms with Crippen molar-refractivity contribution in [2.45, 2.75) is 51.0 Å². The van der Waals surface area contributed by atoms with Crippen LogP contribution in [0.15, 0.2) is 15.8 Å². The molecule has 0 aliphatic carbocycles. The van der Waals surface area contributed by atoms with Gasteiger partial charge in [-0.3, -0.25) is 14.3 Å². The molecule has 0 aromatic carbocycles. The second kappa shape index (κ2) is 4.90. The van der Waals surface area contributed by atoms with Gasteiger partial charge in [-0.2, -0.15) is 4.39 Å². The Kier molecular flexibility index (Phi) is 3.60. The molecule has 7 heteroatoms. The molecule has 19 heavy (non-hydrogen) atoms. The summed E-state index contributed by atoms with van der Waals surface area (Å²) in [4.78, 5) is 24.3. The van der Waals surface area contributed by atoms with Crippen LogP contribution >= 0.6 is 0 Å². The van der Waals surface area contributed by atoms with Gasteiger partial charge in [0.05, 0.1) is 30.6 Å². The smallest absolute Gasteiger partial charge is 0.328 e. The molecule has 0 unspecified atom stereocenters. The summed E-state index contributed by atoms with van der Waals surface area (Å²) < 4.78 is 19.8. The molecule has 106 valence electrons. The molecule has 2 heterocycles. The summed E-state index contributed by atoms with van der Waals surface area (Å²) in [5, 5.41) is 9.84. The Balaban J connectivity index is 2.10. The van der Waals surface area contributed by atoms with Gasteiger partial charge in [0.15, 0.2) is 0 Å². The molecule has 2 atom stereocenters. The molecular weight excluding hydrogens is 255 g/mol. The Bertz CT molecular complexity index is 572. The molecule has 2 N–H and O–H groups in total. The normalized spacial score (nSPS) is 23.8. The van der Waals surface area contributed by atoms with Gasteiger partial charge in [0.1, 0.15) is 0 Å². The first-order valence-corrected chi connectivity index (χ1v) is 6.14. The molecule has 0 spiro atoms. The van der Waals surface area contributed by atoms with Gasteiger partial charge in [0, 0.05) is 0 Å². The molecule has 0 saturated carbocycles. The van der Waals surface area contributed by atoms with Crippen LogP contribution in [0, 0.1) is 5.82 Å². The molecular formula is C12H17FN2O4. The summed E-state index contributed by atoms with van der Waals surface area (Å²) in [5.74, 6) is -1.00. The number of hydrogen-bond acceptors (Lipinski definition) is 4. The van der Waals surface area contributed by atoms with E-state index in [2.05, 4.69) is 0 Å². The molecule has 0 amide bonds. The van der Waals surface area contributed by atoms with E-state index in [9.17, 15) is 19.1 Å². The fourth-order valence-corrected chi connectivity index (χ4v) is 2.20. The first-order valence-electron chi connectivity index (χ1n) is 6.14. The molecule has 0 radical (unpaired) electrons. The highest BCUT2D eigenvalue weighted by atomic mass is 19.1. The zero-order chi connectivity index (χ0) is 14.2. The quantitative estimate of drug-likeness (QED) is 0.811. The minimum atomic E-state index is -1.03. The van der Waals surface area contributed by atoms with Crippen LogP contribution in [0.3, 0.4) is 0 Å². The third kappa shape index (κ3) is 3.10. The summed E-state index contributed by atoms with van der Waals surface area (Å²) in [5.41, 5.74) is -2.64. The highest BCUT2D eigenvalue weighted by Crippen LogP contribution is 2.28. The van der Waals surface area contributed by atoms with Crippen molar-refractivity contribution in [3.63, 3.8) is 0 Å². The average molecular weight is 272 g/mol. The van der Waals surface area contributed by atoms with E-state index in [0.717, 1.165) is 10.8 Å². The van der Waals surface area contributed by atoms with E-state index in [-0.39, 0.29) is 18.8 Å². The Labute approximate surface area is 108 Å². The van der Waals surface area contributed by atoms with Crippen molar-refractivity contribution in [3.05, 3.63) is 32.9 Å². The minimum Gasteiger partial charge on any atom is -0.388 e. The van der Waals surface area contributed by atoms with Crippen LogP contribution in [0.5, 0.6) is 0 Å². The molecule has 0 bridgehead atoms. The molecule has 2 rings (SSSR count). The number of aromatic nitrogens is 2. The van der Waals surface area contributed by atoms with E-state index >= 15 is 0 Å². The van der Waals surface area contributed by atoms with E-state index in [1.165, 1.54) is 0 Å². The number of aliphatic hydroxyl groups is 1. The minimum absolute atomic E-state index is 0.152. The summed E-state index contributed by atoms with van der Waals surface area (Å²) in [6.45, 7) is 3.47. The standard InChI is InChI=1S/C12H17FN2O4/c1-12(2,18)9-4-3-7(19-9)5-15-6-8(13)10(16)14-11(15)17/h6-7,9,18H,3-5H2,1-2H3,(H,14,16,17)/t7-,9+/m1/s1. The maximum atomic E-state index is 13.1. The van der Waals surface area contributed by atoms with E-state index in [1.54, 1.807) is 13.8 Å². The van der Waals surface area contributed by atoms with E-state index in [1.807, 2.05) is 4.98 Å². The van der Waals surface area contributed by atoms with Crippen molar-refractivity contribution in [2.75, 3.05) is 0 Å². The highest BCUT2D eigenvalue weighted by Gasteiger charge is 2.35. The second-order valence-electron chi connectivity index (χ2n) is 5.37. The molecule has 1 aliphatic heterocycles. The Morgan fingerprint density at radius 3 is 2.79 bits per heavy atom. The Morgan fingerprint density at radius 2 is 2.21 bits per heavy atom. The summed E-state index contributed by atoms with van der Waals surface area (Å²) >= 11 is 0. The van der Waals surface area contributed by atoms with Gasteiger partial charge in [-0.25, -0.2) is 4.79 Å². The van der Waals surface area contributed by atoms with Gasteiger partial charge in [-0.05, 0) is 26.7 Å². The first kappa shape index (κ1) is 14.0. The summed E-state index contributed by atoms with van der Waals surface area (Å²) in [6.07, 6.45) is 1.64. The predicted molar refractivity (Wildman–Crippen MR) is 65.5 cm³/mol. The zero-order valence-corrected chi connectivity index (χ0v) is 10.9. The lowest BCUT2D eigenvalue weighted by molar-refractivity contribution is -0.0854. The van der Waals surface area contributed by atoms with Crippen molar-refractivity contribution >= 4 is 0 Å². The van der Waals surface area contributed by atoms with Crippen LogP contribution in [0.4, 0.5) is 4.39 Å². The van der Waals surface area contributed by atoms with Crippen LogP contribution in [-0.4, -0.2) is 32.5 Å². The molecule has 1 fully saturated rings. The van der Waals surface area contributed by atoms with Gasteiger partial charge in [0.2, 0.25) is 5.82 Å². The second-order valence-corrected chi connectivity index (χ2v) is 5.37.